The molecule has 98 valence electrons. The van der Waals surface area contributed by atoms with Crippen LogP contribution < -0.4 is 9.47 Å². The first kappa shape index (κ1) is 12.7. The van der Waals surface area contributed by atoms with Crippen molar-refractivity contribution in [3.63, 3.8) is 0 Å². The van der Waals surface area contributed by atoms with E-state index in [4.69, 9.17) is 14.6 Å². The second-order valence-electron chi connectivity index (χ2n) is 4.66. The van der Waals surface area contributed by atoms with Crippen LogP contribution in [0.4, 0.5) is 0 Å². The standard InChI is InChI=1S/C14H18O4/c1-17-12-6-5-10(7-13(12)18-2)11(8-14(15)16)9-3-4-9/h5-7,9,11H,3-4,8H2,1-2H3,(H,15,16). The highest BCUT2D eigenvalue weighted by Crippen LogP contribution is 2.45. The van der Waals surface area contributed by atoms with Gasteiger partial charge < -0.3 is 14.6 Å². The van der Waals surface area contributed by atoms with Crippen molar-refractivity contribution in [2.24, 2.45) is 5.92 Å². The molecule has 0 bridgehead atoms. The second-order valence-corrected chi connectivity index (χ2v) is 4.66. The molecule has 1 N–H and O–H groups in total. The summed E-state index contributed by atoms with van der Waals surface area (Å²) in [5.74, 6) is 1.17. The lowest BCUT2D eigenvalue weighted by atomic mass is 9.91. The molecule has 1 atom stereocenters. The van der Waals surface area contributed by atoms with Crippen LogP contribution in [0.1, 0.15) is 30.7 Å². The molecule has 1 aromatic carbocycles. The summed E-state index contributed by atoms with van der Waals surface area (Å²) >= 11 is 0. The molecule has 0 amide bonds. The predicted octanol–water partition coefficient (Wildman–Crippen LogP) is 2.67. The summed E-state index contributed by atoms with van der Waals surface area (Å²) in [7, 11) is 3.18. The Morgan fingerprint density at radius 1 is 1.33 bits per heavy atom. The minimum absolute atomic E-state index is 0.0855. The number of hydrogen-bond donors (Lipinski definition) is 1. The minimum Gasteiger partial charge on any atom is -0.493 e. The molecule has 1 unspecified atom stereocenters. The highest BCUT2D eigenvalue weighted by molar-refractivity contribution is 5.68. The fourth-order valence-corrected chi connectivity index (χ4v) is 2.33. The van der Waals surface area contributed by atoms with Crippen LogP contribution in [0, 0.1) is 5.92 Å². The SMILES string of the molecule is COc1ccc(C(CC(=O)O)C2CC2)cc1OC. The van der Waals surface area contributed by atoms with Gasteiger partial charge in [0.05, 0.1) is 20.6 Å². The van der Waals surface area contributed by atoms with Gasteiger partial charge >= 0.3 is 5.97 Å². The van der Waals surface area contributed by atoms with Crippen molar-refractivity contribution in [2.75, 3.05) is 14.2 Å². The van der Waals surface area contributed by atoms with Crippen molar-refractivity contribution in [1.82, 2.24) is 0 Å². The van der Waals surface area contributed by atoms with Gasteiger partial charge in [-0.05, 0) is 42.4 Å². The molecule has 0 aliphatic heterocycles. The smallest absolute Gasteiger partial charge is 0.303 e. The van der Waals surface area contributed by atoms with E-state index in [9.17, 15) is 4.79 Å². The summed E-state index contributed by atoms with van der Waals surface area (Å²) in [6.45, 7) is 0. The van der Waals surface area contributed by atoms with E-state index >= 15 is 0 Å². The number of benzene rings is 1. The number of hydrogen-bond acceptors (Lipinski definition) is 3. The Kier molecular flexibility index (Phi) is 3.75. The zero-order chi connectivity index (χ0) is 13.1. The molecule has 1 saturated carbocycles. The molecular formula is C14H18O4. The third kappa shape index (κ3) is 2.75. The van der Waals surface area contributed by atoms with E-state index in [1.807, 2.05) is 18.2 Å². The maximum Gasteiger partial charge on any atom is 0.303 e. The maximum atomic E-state index is 10.9. The Bertz CT molecular complexity index is 437. The van der Waals surface area contributed by atoms with E-state index in [1.165, 1.54) is 0 Å². The monoisotopic (exact) mass is 250 g/mol. The van der Waals surface area contributed by atoms with Crippen LogP contribution in [0.2, 0.25) is 0 Å². The molecule has 0 aromatic heterocycles. The molecule has 18 heavy (non-hydrogen) atoms. The second kappa shape index (κ2) is 5.29. The van der Waals surface area contributed by atoms with Crippen molar-refractivity contribution < 1.29 is 19.4 Å². The lowest BCUT2D eigenvalue weighted by molar-refractivity contribution is -0.137. The normalized spacial score (nSPS) is 16.1. The molecule has 0 heterocycles. The summed E-state index contributed by atoms with van der Waals surface area (Å²) in [6.07, 6.45) is 2.42. The molecule has 2 rings (SSSR count). The van der Waals surface area contributed by atoms with Gasteiger partial charge in [0.2, 0.25) is 0 Å². The topological polar surface area (TPSA) is 55.8 Å². The molecule has 4 nitrogen and oxygen atoms in total. The summed E-state index contributed by atoms with van der Waals surface area (Å²) in [6, 6.07) is 5.67. The van der Waals surface area contributed by atoms with Gasteiger partial charge in [-0.25, -0.2) is 0 Å². The third-order valence-corrected chi connectivity index (χ3v) is 3.42. The van der Waals surface area contributed by atoms with E-state index in [-0.39, 0.29) is 12.3 Å². The molecular weight excluding hydrogens is 232 g/mol. The van der Waals surface area contributed by atoms with Gasteiger partial charge in [-0.1, -0.05) is 6.07 Å². The Hall–Kier alpha value is -1.71. The number of aliphatic carboxylic acids is 1. The first-order valence-corrected chi connectivity index (χ1v) is 6.09. The van der Waals surface area contributed by atoms with E-state index < -0.39 is 5.97 Å². The summed E-state index contributed by atoms with van der Waals surface area (Å²) in [5, 5.41) is 8.99. The van der Waals surface area contributed by atoms with Crippen LogP contribution in [-0.4, -0.2) is 25.3 Å². The average molecular weight is 250 g/mol. The summed E-state index contributed by atoms with van der Waals surface area (Å²) in [4.78, 5) is 10.9. The van der Waals surface area contributed by atoms with Crippen LogP contribution in [0.3, 0.4) is 0 Å². The number of methoxy groups -OCH3 is 2. The van der Waals surface area contributed by atoms with Gasteiger partial charge in [0.15, 0.2) is 11.5 Å². The first-order valence-electron chi connectivity index (χ1n) is 6.09. The van der Waals surface area contributed by atoms with Crippen molar-refractivity contribution in [2.45, 2.75) is 25.2 Å². The minimum atomic E-state index is -0.748. The molecule has 1 aliphatic rings. The van der Waals surface area contributed by atoms with Crippen LogP contribution in [0.5, 0.6) is 11.5 Å². The van der Waals surface area contributed by atoms with Gasteiger partial charge in [-0.3, -0.25) is 4.79 Å². The van der Waals surface area contributed by atoms with Gasteiger partial charge in [0.1, 0.15) is 0 Å². The number of ether oxygens (including phenoxy) is 2. The Labute approximate surface area is 107 Å². The molecule has 1 aromatic rings. The lowest BCUT2D eigenvalue weighted by Gasteiger charge is -2.16. The molecule has 0 spiro atoms. The number of carboxylic acids is 1. The maximum absolute atomic E-state index is 10.9. The number of rotatable bonds is 6. The van der Waals surface area contributed by atoms with Gasteiger partial charge in [0, 0.05) is 0 Å². The van der Waals surface area contributed by atoms with E-state index in [1.54, 1.807) is 14.2 Å². The zero-order valence-electron chi connectivity index (χ0n) is 10.7. The van der Waals surface area contributed by atoms with Crippen LogP contribution in [0.25, 0.3) is 0 Å². The Morgan fingerprint density at radius 3 is 2.50 bits per heavy atom. The summed E-state index contributed by atoms with van der Waals surface area (Å²) in [5.41, 5.74) is 1.03. The fraction of sp³-hybridized carbons (Fsp3) is 0.500. The first-order chi connectivity index (χ1) is 8.65. The van der Waals surface area contributed by atoms with Crippen molar-refractivity contribution >= 4 is 5.97 Å². The number of carbonyl (C=O) groups is 1. The van der Waals surface area contributed by atoms with Crippen molar-refractivity contribution in [3.05, 3.63) is 23.8 Å². The third-order valence-electron chi connectivity index (χ3n) is 3.42. The van der Waals surface area contributed by atoms with Gasteiger partial charge in [-0.15, -0.1) is 0 Å². The zero-order valence-corrected chi connectivity index (χ0v) is 10.7. The molecule has 1 aliphatic carbocycles. The quantitative estimate of drug-likeness (QED) is 0.843. The van der Waals surface area contributed by atoms with Crippen LogP contribution in [-0.2, 0) is 4.79 Å². The van der Waals surface area contributed by atoms with Crippen molar-refractivity contribution in [1.29, 1.82) is 0 Å². The van der Waals surface area contributed by atoms with Gasteiger partial charge in [-0.2, -0.15) is 0 Å². The molecule has 0 radical (unpaired) electrons. The average Bonchev–Trinajstić information content (AvgIpc) is 3.19. The van der Waals surface area contributed by atoms with E-state index in [0.717, 1.165) is 18.4 Å². The number of carboxylic acid groups (broad SMARTS) is 1. The predicted molar refractivity (Wildman–Crippen MR) is 67.3 cm³/mol. The highest BCUT2D eigenvalue weighted by Gasteiger charge is 2.34. The Balaban J connectivity index is 2.26. The van der Waals surface area contributed by atoms with Gasteiger partial charge in [0.25, 0.3) is 0 Å². The summed E-state index contributed by atoms with van der Waals surface area (Å²) < 4.78 is 10.4. The van der Waals surface area contributed by atoms with Crippen LogP contribution >= 0.6 is 0 Å². The lowest BCUT2D eigenvalue weighted by Crippen LogP contribution is -2.08. The van der Waals surface area contributed by atoms with E-state index in [2.05, 4.69) is 0 Å². The highest BCUT2D eigenvalue weighted by atomic mass is 16.5. The molecule has 0 saturated heterocycles. The Morgan fingerprint density at radius 2 is 2.00 bits per heavy atom. The fourth-order valence-electron chi connectivity index (χ4n) is 2.33. The van der Waals surface area contributed by atoms with Crippen molar-refractivity contribution in [3.8, 4) is 11.5 Å². The molecule has 1 fully saturated rings. The largest absolute Gasteiger partial charge is 0.493 e. The molecule has 4 heteroatoms. The van der Waals surface area contributed by atoms with E-state index in [0.29, 0.717) is 17.4 Å². The van der Waals surface area contributed by atoms with Crippen LogP contribution in [0.15, 0.2) is 18.2 Å².